The Hall–Kier alpha value is -4.61. The Balaban J connectivity index is 1.51. The first-order valence-corrected chi connectivity index (χ1v) is 13.1. The van der Waals surface area contributed by atoms with Gasteiger partial charge in [0, 0.05) is 37.3 Å². The number of nitriles is 1. The van der Waals surface area contributed by atoms with Gasteiger partial charge in [-0.1, -0.05) is 61.9 Å². The lowest BCUT2D eigenvalue weighted by atomic mass is 10.1. The molecule has 0 bridgehead atoms. The van der Waals surface area contributed by atoms with Crippen LogP contribution in [0.4, 0.5) is 0 Å². The number of primary amides is 1. The molecular formula is C31H31N5O3. The second-order valence-corrected chi connectivity index (χ2v) is 9.61. The number of unbranched alkanes of at least 4 members (excludes halogenated alkanes) is 1. The van der Waals surface area contributed by atoms with Crippen molar-refractivity contribution in [2.24, 2.45) is 5.73 Å². The molecule has 8 nitrogen and oxygen atoms in total. The van der Waals surface area contributed by atoms with Gasteiger partial charge in [-0.15, -0.1) is 0 Å². The highest BCUT2D eigenvalue weighted by Gasteiger charge is 2.22. The highest BCUT2D eigenvalue weighted by Crippen LogP contribution is 2.33. The van der Waals surface area contributed by atoms with Crippen LogP contribution in [0.1, 0.15) is 52.6 Å². The zero-order valence-electron chi connectivity index (χ0n) is 22.0. The number of aromatic nitrogens is 2. The van der Waals surface area contributed by atoms with Crippen molar-refractivity contribution < 1.29 is 14.3 Å². The van der Waals surface area contributed by atoms with Gasteiger partial charge in [0.2, 0.25) is 12.7 Å². The Labute approximate surface area is 228 Å². The monoisotopic (exact) mass is 521 g/mol. The molecule has 1 aliphatic rings. The molecule has 4 aromatic rings. The van der Waals surface area contributed by atoms with Crippen molar-refractivity contribution in [3.05, 3.63) is 101 Å². The summed E-state index contributed by atoms with van der Waals surface area (Å²) in [5.41, 5.74) is 10.3. The van der Waals surface area contributed by atoms with E-state index in [1.54, 1.807) is 12.1 Å². The molecule has 8 heteroatoms. The minimum Gasteiger partial charge on any atom is -0.454 e. The molecule has 0 fully saturated rings. The average Bonchev–Trinajstić information content (AvgIpc) is 3.56. The smallest absolute Gasteiger partial charge is 0.248 e. The third kappa shape index (κ3) is 5.95. The number of fused-ring (bicyclic) bond motifs is 1. The van der Waals surface area contributed by atoms with E-state index in [0.29, 0.717) is 30.9 Å². The third-order valence-electron chi connectivity index (χ3n) is 6.81. The third-order valence-corrected chi connectivity index (χ3v) is 6.81. The van der Waals surface area contributed by atoms with Crippen molar-refractivity contribution in [1.82, 2.24) is 14.5 Å². The van der Waals surface area contributed by atoms with Crippen LogP contribution < -0.4 is 15.2 Å². The topological polar surface area (TPSA) is 106 Å². The Morgan fingerprint density at radius 2 is 1.72 bits per heavy atom. The van der Waals surface area contributed by atoms with Gasteiger partial charge >= 0.3 is 0 Å². The summed E-state index contributed by atoms with van der Waals surface area (Å²) in [5.74, 6) is 1.83. The molecule has 2 N–H and O–H groups in total. The average molecular weight is 522 g/mol. The molecular weight excluding hydrogens is 490 g/mol. The van der Waals surface area contributed by atoms with Gasteiger partial charge in [-0.05, 0) is 41.8 Å². The van der Waals surface area contributed by atoms with Crippen LogP contribution in [0.25, 0.3) is 11.4 Å². The Kier molecular flexibility index (Phi) is 7.90. The molecule has 0 spiro atoms. The molecule has 198 valence electrons. The number of amides is 1. The largest absolute Gasteiger partial charge is 0.454 e. The van der Waals surface area contributed by atoms with E-state index in [1.165, 1.54) is 0 Å². The fourth-order valence-corrected chi connectivity index (χ4v) is 4.81. The summed E-state index contributed by atoms with van der Waals surface area (Å²) in [6, 6.07) is 25.6. The summed E-state index contributed by atoms with van der Waals surface area (Å²) in [5, 5.41) is 10.1. The van der Waals surface area contributed by atoms with Crippen molar-refractivity contribution >= 4 is 5.91 Å². The van der Waals surface area contributed by atoms with Crippen molar-refractivity contribution in [2.75, 3.05) is 6.79 Å². The first-order valence-electron chi connectivity index (χ1n) is 13.1. The fourth-order valence-electron chi connectivity index (χ4n) is 4.81. The lowest BCUT2D eigenvalue weighted by Crippen LogP contribution is -2.25. The van der Waals surface area contributed by atoms with E-state index >= 15 is 0 Å². The molecule has 0 atom stereocenters. The normalized spacial score (nSPS) is 12.0. The highest BCUT2D eigenvalue weighted by molar-refractivity contribution is 5.92. The van der Waals surface area contributed by atoms with Gasteiger partial charge in [-0.2, -0.15) is 5.26 Å². The minimum atomic E-state index is -0.453. The summed E-state index contributed by atoms with van der Waals surface area (Å²) in [7, 11) is 0. The van der Waals surface area contributed by atoms with E-state index in [4.69, 9.17) is 20.2 Å². The number of carbonyl (C=O) groups excluding carboxylic acids is 1. The van der Waals surface area contributed by atoms with Gasteiger partial charge in [-0.3, -0.25) is 9.69 Å². The van der Waals surface area contributed by atoms with Crippen molar-refractivity contribution in [3.63, 3.8) is 0 Å². The summed E-state index contributed by atoms with van der Waals surface area (Å²) >= 11 is 0. The molecule has 1 aliphatic heterocycles. The number of hydrogen-bond acceptors (Lipinski definition) is 6. The summed E-state index contributed by atoms with van der Waals surface area (Å²) in [6.45, 7) is 4.87. The Morgan fingerprint density at radius 1 is 1.00 bits per heavy atom. The minimum absolute atomic E-state index is 0.221. The maximum Gasteiger partial charge on any atom is 0.248 e. The van der Waals surface area contributed by atoms with Gasteiger partial charge < -0.3 is 19.8 Å². The van der Waals surface area contributed by atoms with Crippen molar-refractivity contribution in [2.45, 2.75) is 45.9 Å². The zero-order chi connectivity index (χ0) is 27.2. The Morgan fingerprint density at radius 3 is 2.44 bits per heavy atom. The van der Waals surface area contributed by atoms with E-state index in [-0.39, 0.29) is 6.79 Å². The molecule has 0 unspecified atom stereocenters. The van der Waals surface area contributed by atoms with Crippen LogP contribution in [-0.4, -0.2) is 27.2 Å². The molecule has 39 heavy (non-hydrogen) atoms. The van der Waals surface area contributed by atoms with Crippen LogP contribution in [0.5, 0.6) is 11.5 Å². The molecule has 1 aromatic heterocycles. The summed E-state index contributed by atoms with van der Waals surface area (Å²) < 4.78 is 13.3. The van der Waals surface area contributed by atoms with E-state index in [2.05, 4.69) is 22.5 Å². The number of nitrogens with zero attached hydrogens (tertiary/aromatic N) is 4. The van der Waals surface area contributed by atoms with E-state index in [9.17, 15) is 10.1 Å². The molecule has 0 saturated carbocycles. The lowest BCUT2D eigenvalue weighted by Gasteiger charge is -2.24. The van der Waals surface area contributed by atoms with Crippen LogP contribution in [0.3, 0.4) is 0 Å². The van der Waals surface area contributed by atoms with Gasteiger partial charge in [0.1, 0.15) is 11.9 Å². The van der Waals surface area contributed by atoms with Crippen LogP contribution in [-0.2, 0) is 26.2 Å². The number of hydrogen-bond donors (Lipinski definition) is 1. The highest BCUT2D eigenvalue weighted by atomic mass is 16.7. The summed E-state index contributed by atoms with van der Waals surface area (Å²) in [4.78, 5) is 18.6. The zero-order valence-corrected chi connectivity index (χ0v) is 22.0. The first kappa shape index (κ1) is 26.0. The van der Waals surface area contributed by atoms with Crippen LogP contribution in [0.15, 0.2) is 72.8 Å². The maximum atomic E-state index is 11.6. The van der Waals surface area contributed by atoms with Crippen LogP contribution in [0, 0.1) is 11.3 Å². The molecule has 0 radical (unpaired) electrons. The number of nitrogens with two attached hydrogens (primary N) is 1. The van der Waals surface area contributed by atoms with Gasteiger partial charge in [0.25, 0.3) is 0 Å². The predicted octanol–water partition coefficient (Wildman–Crippen LogP) is 5.25. The van der Waals surface area contributed by atoms with E-state index in [0.717, 1.165) is 59.1 Å². The van der Waals surface area contributed by atoms with E-state index in [1.807, 2.05) is 60.7 Å². The van der Waals surface area contributed by atoms with Crippen LogP contribution >= 0.6 is 0 Å². The number of imidazole rings is 1. The standard InChI is InChI=1S/C31H31N5O3/c1-2-3-15-36-27(26(17-32)34-31(36)25-7-5-4-6-8-25)20-35(18-22-9-12-24(13-10-22)30(33)37)19-23-11-14-28-29(16-23)39-21-38-28/h4-14,16H,2-3,15,18-21H2,1H3,(H2,33,37). The fraction of sp³-hybridized carbons (Fsp3) is 0.258. The second-order valence-electron chi connectivity index (χ2n) is 9.61. The number of benzene rings is 3. The van der Waals surface area contributed by atoms with Gasteiger partial charge in [-0.25, -0.2) is 4.98 Å². The molecule has 2 heterocycles. The molecule has 0 saturated heterocycles. The first-order chi connectivity index (χ1) is 19.1. The van der Waals surface area contributed by atoms with Gasteiger partial charge in [0.15, 0.2) is 17.2 Å². The predicted molar refractivity (Wildman–Crippen MR) is 148 cm³/mol. The molecule has 5 rings (SSSR count). The lowest BCUT2D eigenvalue weighted by molar-refractivity contribution is 0.1000. The SMILES string of the molecule is CCCCn1c(-c2ccccc2)nc(C#N)c1CN(Cc1ccc(C(N)=O)cc1)Cc1ccc2c(c1)OCO2. The number of carbonyl (C=O) groups is 1. The number of rotatable bonds is 11. The van der Waals surface area contributed by atoms with Crippen molar-refractivity contribution in [3.8, 4) is 29.0 Å². The molecule has 3 aromatic carbocycles. The maximum absolute atomic E-state index is 11.6. The number of ether oxygens (including phenoxy) is 2. The van der Waals surface area contributed by atoms with E-state index < -0.39 is 5.91 Å². The quantitative estimate of drug-likeness (QED) is 0.289. The molecule has 0 aliphatic carbocycles. The summed E-state index contributed by atoms with van der Waals surface area (Å²) in [6.07, 6.45) is 2.01. The van der Waals surface area contributed by atoms with Gasteiger partial charge in [0.05, 0.1) is 5.69 Å². The second kappa shape index (κ2) is 11.8. The Bertz CT molecular complexity index is 1490. The molecule has 1 amide bonds. The van der Waals surface area contributed by atoms with Crippen LogP contribution in [0.2, 0.25) is 0 Å². The van der Waals surface area contributed by atoms with Crippen molar-refractivity contribution in [1.29, 1.82) is 5.26 Å².